The van der Waals surface area contributed by atoms with Crippen molar-refractivity contribution in [2.24, 2.45) is 0 Å². The molecule has 0 atom stereocenters. The molecular formula is C9H18O5. The average Bonchev–Trinajstić information content (AvgIpc) is 1.80. The maximum Gasteiger partial charge on any atom is 0.306 e. The van der Waals surface area contributed by atoms with Gasteiger partial charge in [-0.05, 0) is 20.8 Å². The molecule has 0 aromatic heterocycles. The fourth-order valence-electron chi connectivity index (χ4n) is 0.573. The first-order valence-corrected chi connectivity index (χ1v) is 4.26. The maximum atomic E-state index is 9.85. The van der Waals surface area contributed by atoms with E-state index in [9.17, 15) is 9.59 Å². The van der Waals surface area contributed by atoms with Crippen LogP contribution in [0.15, 0.2) is 0 Å². The molecule has 0 amide bonds. The van der Waals surface area contributed by atoms with Gasteiger partial charge in [0.25, 0.3) is 0 Å². The third-order valence-electron chi connectivity index (χ3n) is 0.931. The molecular weight excluding hydrogens is 188 g/mol. The molecule has 0 aliphatic carbocycles. The first kappa shape index (κ1) is 15.4. The van der Waals surface area contributed by atoms with Crippen molar-refractivity contribution in [1.82, 2.24) is 0 Å². The van der Waals surface area contributed by atoms with E-state index in [0.29, 0.717) is 6.61 Å². The number of esters is 1. The third-order valence-corrected chi connectivity index (χ3v) is 0.931. The lowest BCUT2D eigenvalue weighted by atomic mass is 10.1. The van der Waals surface area contributed by atoms with E-state index in [1.54, 1.807) is 6.92 Å². The van der Waals surface area contributed by atoms with E-state index in [1.165, 1.54) is 20.8 Å². The van der Waals surface area contributed by atoms with Gasteiger partial charge in [0.1, 0.15) is 0 Å². The molecule has 5 nitrogen and oxygen atoms in total. The molecule has 0 aromatic carbocycles. The second-order valence-corrected chi connectivity index (χ2v) is 3.31. The van der Waals surface area contributed by atoms with Crippen LogP contribution in [0.25, 0.3) is 0 Å². The van der Waals surface area contributed by atoms with E-state index in [1.807, 2.05) is 0 Å². The van der Waals surface area contributed by atoms with E-state index in [2.05, 4.69) is 4.74 Å². The van der Waals surface area contributed by atoms with Gasteiger partial charge in [0.15, 0.2) is 0 Å². The van der Waals surface area contributed by atoms with Crippen molar-refractivity contribution < 1.29 is 24.5 Å². The van der Waals surface area contributed by atoms with Crippen molar-refractivity contribution >= 4 is 11.9 Å². The molecule has 0 aromatic rings. The third kappa shape index (κ3) is 22.4. The van der Waals surface area contributed by atoms with Crippen LogP contribution in [0.1, 0.15) is 34.1 Å². The lowest BCUT2D eigenvalue weighted by molar-refractivity contribution is -0.142. The normalized spacial score (nSPS) is 9.79. The molecule has 0 rings (SSSR count). The van der Waals surface area contributed by atoms with Crippen molar-refractivity contribution in [2.75, 3.05) is 6.61 Å². The Morgan fingerprint density at radius 1 is 1.36 bits per heavy atom. The van der Waals surface area contributed by atoms with E-state index in [0.717, 1.165) is 0 Å². The molecule has 0 radical (unpaired) electrons. The van der Waals surface area contributed by atoms with E-state index < -0.39 is 11.6 Å². The number of rotatable bonds is 3. The molecule has 84 valence electrons. The Balaban J connectivity index is 0. The Kier molecular flexibility index (Phi) is 8.04. The maximum absolute atomic E-state index is 9.85. The van der Waals surface area contributed by atoms with Crippen molar-refractivity contribution in [3.63, 3.8) is 0 Å². The van der Waals surface area contributed by atoms with Gasteiger partial charge in [-0.25, -0.2) is 0 Å². The lowest BCUT2D eigenvalue weighted by Gasteiger charge is -2.12. The molecule has 0 aliphatic heterocycles. The van der Waals surface area contributed by atoms with Crippen LogP contribution in [0.2, 0.25) is 0 Å². The molecule has 2 N–H and O–H groups in total. The minimum atomic E-state index is -1.08. The molecule has 14 heavy (non-hydrogen) atoms. The summed E-state index contributed by atoms with van der Waals surface area (Å²) >= 11 is 0. The second-order valence-electron chi connectivity index (χ2n) is 3.31. The summed E-state index contributed by atoms with van der Waals surface area (Å²) in [4.78, 5) is 19.7. The Morgan fingerprint density at radius 2 is 1.79 bits per heavy atom. The molecule has 0 saturated carbocycles. The number of hydrogen-bond acceptors (Lipinski definition) is 4. The van der Waals surface area contributed by atoms with Crippen molar-refractivity contribution in [2.45, 2.75) is 39.7 Å². The molecule has 0 unspecified atom stereocenters. The Labute approximate surface area is 83.7 Å². The molecule has 0 bridgehead atoms. The number of ether oxygens (including phenoxy) is 1. The molecule has 0 saturated heterocycles. The number of carboxylic acid groups (broad SMARTS) is 1. The van der Waals surface area contributed by atoms with Gasteiger partial charge in [-0.15, -0.1) is 0 Å². The Bertz CT molecular complexity index is 180. The quantitative estimate of drug-likeness (QED) is 0.667. The fourth-order valence-corrected chi connectivity index (χ4v) is 0.573. The van der Waals surface area contributed by atoms with Crippen molar-refractivity contribution in [1.29, 1.82) is 0 Å². The van der Waals surface area contributed by atoms with Crippen LogP contribution in [-0.4, -0.2) is 34.4 Å². The minimum absolute atomic E-state index is 0.201. The van der Waals surface area contributed by atoms with Gasteiger partial charge in [0.2, 0.25) is 0 Å². The highest BCUT2D eigenvalue weighted by Crippen LogP contribution is 2.05. The Hall–Kier alpha value is -1.10. The van der Waals surface area contributed by atoms with Gasteiger partial charge in [0, 0.05) is 6.92 Å². The smallest absolute Gasteiger partial charge is 0.306 e. The Morgan fingerprint density at radius 3 is 1.79 bits per heavy atom. The molecule has 0 aliphatic rings. The summed E-state index contributed by atoms with van der Waals surface area (Å²) in [5.41, 5.74) is -1.08. The van der Waals surface area contributed by atoms with E-state index in [4.69, 9.17) is 10.2 Å². The highest BCUT2D eigenvalue weighted by molar-refractivity contribution is 5.67. The zero-order valence-electron chi connectivity index (χ0n) is 9.03. The van der Waals surface area contributed by atoms with Crippen LogP contribution in [0.3, 0.4) is 0 Å². The van der Waals surface area contributed by atoms with E-state index >= 15 is 0 Å². The standard InChI is InChI=1S/C5H10O3.C4H8O2/c1-5(2,8)3-4(6)7;1-3-6-4(2)5/h8H,3H2,1-2H3,(H,6,7);3H2,1-2H3. The van der Waals surface area contributed by atoms with E-state index in [-0.39, 0.29) is 12.4 Å². The summed E-state index contributed by atoms with van der Waals surface area (Å²) in [5.74, 6) is -1.19. The summed E-state index contributed by atoms with van der Waals surface area (Å²) in [7, 11) is 0. The van der Waals surface area contributed by atoms with Crippen LogP contribution in [-0.2, 0) is 14.3 Å². The second kappa shape index (κ2) is 7.32. The van der Waals surface area contributed by atoms with Crippen LogP contribution in [0, 0.1) is 0 Å². The van der Waals surface area contributed by atoms with Crippen LogP contribution in [0.4, 0.5) is 0 Å². The number of aliphatic hydroxyl groups is 1. The van der Waals surface area contributed by atoms with Crippen molar-refractivity contribution in [3.8, 4) is 0 Å². The minimum Gasteiger partial charge on any atom is -0.481 e. The number of hydrogen-bond donors (Lipinski definition) is 2. The molecule has 0 heterocycles. The predicted octanol–water partition coefficient (Wildman–Crippen LogP) is 0.801. The first-order valence-electron chi connectivity index (χ1n) is 4.26. The van der Waals surface area contributed by atoms with Gasteiger partial charge in [0.05, 0.1) is 18.6 Å². The van der Waals surface area contributed by atoms with Crippen LogP contribution in [0.5, 0.6) is 0 Å². The number of carbonyl (C=O) groups excluding carboxylic acids is 1. The first-order chi connectivity index (χ1) is 6.19. The van der Waals surface area contributed by atoms with Gasteiger partial charge in [-0.3, -0.25) is 9.59 Å². The predicted molar refractivity (Wildman–Crippen MR) is 50.9 cm³/mol. The fraction of sp³-hybridized carbons (Fsp3) is 0.778. The van der Waals surface area contributed by atoms with Crippen molar-refractivity contribution in [3.05, 3.63) is 0 Å². The monoisotopic (exact) mass is 206 g/mol. The SMILES string of the molecule is CC(C)(O)CC(=O)O.CCOC(C)=O. The summed E-state index contributed by atoms with van der Waals surface area (Å²) in [5, 5.41) is 16.9. The number of carboxylic acids is 1. The summed E-state index contributed by atoms with van der Waals surface area (Å²) in [6.45, 7) is 6.57. The lowest BCUT2D eigenvalue weighted by Crippen LogP contribution is -2.22. The zero-order chi connectivity index (χ0) is 11.8. The number of carbonyl (C=O) groups is 2. The highest BCUT2D eigenvalue weighted by Gasteiger charge is 2.16. The van der Waals surface area contributed by atoms with Gasteiger partial charge < -0.3 is 14.9 Å². The van der Waals surface area contributed by atoms with Crippen LogP contribution >= 0.6 is 0 Å². The molecule has 5 heteroatoms. The topological polar surface area (TPSA) is 83.8 Å². The number of aliphatic carboxylic acids is 1. The molecule has 0 fully saturated rings. The largest absolute Gasteiger partial charge is 0.481 e. The molecule has 0 spiro atoms. The van der Waals surface area contributed by atoms with Gasteiger partial charge in [-0.1, -0.05) is 0 Å². The zero-order valence-corrected chi connectivity index (χ0v) is 9.03. The van der Waals surface area contributed by atoms with Gasteiger partial charge in [-0.2, -0.15) is 0 Å². The van der Waals surface area contributed by atoms with Crippen LogP contribution < -0.4 is 0 Å². The summed E-state index contributed by atoms with van der Waals surface area (Å²) in [6.07, 6.45) is -0.201. The average molecular weight is 206 g/mol. The highest BCUT2D eigenvalue weighted by atomic mass is 16.5. The van der Waals surface area contributed by atoms with Gasteiger partial charge >= 0.3 is 11.9 Å². The summed E-state index contributed by atoms with van der Waals surface area (Å²) < 4.78 is 4.40. The summed E-state index contributed by atoms with van der Waals surface area (Å²) in [6, 6.07) is 0.